The number of rotatable bonds is 0. The summed E-state index contributed by atoms with van der Waals surface area (Å²) in [6.45, 7) is 2.04. The first-order valence-electron chi connectivity index (χ1n) is 6.11. The molecule has 16 heavy (non-hydrogen) atoms. The Bertz CT molecular complexity index is 444. The molecule has 0 radical (unpaired) electrons. The summed E-state index contributed by atoms with van der Waals surface area (Å²) >= 11 is 0. The lowest BCUT2D eigenvalue weighted by molar-refractivity contribution is 0.0881. The van der Waals surface area contributed by atoms with Crippen molar-refractivity contribution in [1.82, 2.24) is 5.32 Å². The van der Waals surface area contributed by atoms with Gasteiger partial charge >= 0.3 is 0 Å². The molecule has 0 saturated heterocycles. The molecule has 1 heterocycles. The second-order valence-corrected chi connectivity index (χ2v) is 5.28. The van der Waals surface area contributed by atoms with Gasteiger partial charge in [-0.1, -0.05) is 30.5 Å². The molecular weight excluding hydrogens is 198 g/mol. The van der Waals surface area contributed by atoms with Crippen molar-refractivity contribution in [2.45, 2.75) is 44.6 Å². The molecule has 1 aromatic carbocycles. The molecule has 2 nitrogen and oxygen atoms in total. The monoisotopic (exact) mass is 215 g/mol. The average Bonchev–Trinajstić information content (AvgIpc) is 2.68. The lowest BCUT2D eigenvalue weighted by atomic mass is 9.83. The normalized spacial score (nSPS) is 21.9. The molecule has 1 aliphatic carbocycles. The third-order valence-electron chi connectivity index (χ3n) is 3.98. The van der Waals surface area contributed by atoms with E-state index in [1.807, 2.05) is 13.0 Å². The van der Waals surface area contributed by atoms with Crippen LogP contribution in [-0.4, -0.2) is 11.4 Å². The topological polar surface area (TPSA) is 29.1 Å². The number of benzene rings is 1. The van der Waals surface area contributed by atoms with Crippen molar-refractivity contribution in [3.63, 3.8) is 0 Å². The molecule has 1 saturated carbocycles. The fourth-order valence-corrected chi connectivity index (χ4v) is 3.13. The summed E-state index contributed by atoms with van der Waals surface area (Å²) in [7, 11) is 0. The number of aryl methyl sites for hydroxylation is 1. The summed E-state index contributed by atoms with van der Waals surface area (Å²) in [5, 5.41) is 3.24. The van der Waals surface area contributed by atoms with Gasteiger partial charge in [-0.05, 0) is 37.8 Å². The maximum absolute atomic E-state index is 12.1. The van der Waals surface area contributed by atoms with E-state index in [-0.39, 0.29) is 11.4 Å². The molecule has 1 aliphatic heterocycles. The van der Waals surface area contributed by atoms with E-state index in [0.717, 1.165) is 30.4 Å². The Morgan fingerprint density at radius 1 is 1.25 bits per heavy atom. The Kier molecular flexibility index (Phi) is 2.06. The van der Waals surface area contributed by atoms with Crippen molar-refractivity contribution in [2.24, 2.45) is 0 Å². The molecule has 0 unspecified atom stereocenters. The highest BCUT2D eigenvalue weighted by atomic mass is 16.1. The molecule has 84 valence electrons. The van der Waals surface area contributed by atoms with Gasteiger partial charge in [0.05, 0.1) is 0 Å². The summed E-state index contributed by atoms with van der Waals surface area (Å²) < 4.78 is 0. The minimum atomic E-state index is 0.0827. The number of hydrogen-bond acceptors (Lipinski definition) is 1. The number of hydrogen-bond donors (Lipinski definition) is 1. The van der Waals surface area contributed by atoms with Crippen molar-refractivity contribution in [3.8, 4) is 0 Å². The first kappa shape index (κ1) is 9.88. The van der Waals surface area contributed by atoms with Gasteiger partial charge in [0, 0.05) is 11.1 Å². The van der Waals surface area contributed by atoms with Crippen LogP contribution < -0.4 is 5.32 Å². The predicted molar refractivity (Wildman–Crippen MR) is 63.5 cm³/mol. The van der Waals surface area contributed by atoms with E-state index >= 15 is 0 Å². The fourth-order valence-electron chi connectivity index (χ4n) is 3.13. The Balaban J connectivity index is 2.02. The van der Waals surface area contributed by atoms with Gasteiger partial charge < -0.3 is 5.32 Å². The molecular formula is C14H17NO. The van der Waals surface area contributed by atoms with Crippen LogP contribution in [0.3, 0.4) is 0 Å². The predicted octanol–water partition coefficient (Wildman–Crippen LogP) is 2.59. The summed E-state index contributed by atoms with van der Waals surface area (Å²) in [4.78, 5) is 12.1. The van der Waals surface area contributed by atoms with Crippen LogP contribution in [0.5, 0.6) is 0 Å². The van der Waals surface area contributed by atoms with E-state index in [4.69, 9.17) is 0 Å². The van der Waals surface area contributed by atoms with E-state index in [9.17, 15) is 4.79 Å². The zero-order valence-corrected chi connectivity index (χ0v) is 9.68. The number of nitrogens with one attached hydrogen (secondary N) is 1. The van der Waals surface area contributed by atoms with E-state index in [1.165, 1.54) is 18.4 Å². The lowest BCUT2D eigenvalue weighted by Crippen LogP contribution is -2.51. The van der Waals surface area contributed by atoms with Crippen LogP contribution in [0, 0.1) is 6.92 Å². The van der Waals surface area contributed by atoms with Gasteiger partial charge in [-0.3, -0.25) is 4.79 Å². The van der Waals surface area contributed by atoms with Gasteiger partial charge in [0.25, 0.3) is 5.91 Å². The molecule has 1 fully saturated rings. The van der Waals surface area contributed by atoms with Gasteiger partial charge in [-0.15, -0.1) is 0 Å². The van der Waals surface area contributed by atoms with E-state index in [0.29, 0.717) is 0 Å². The molecule has 2 aliphatic rings. The van der Waals surface area contributed by atoms with Gasteiger partial charge in [-0.2, -0.15) is 0 Å². The number of carbonyl (C=O) groups is 1. The highest BCUT2D eigenvalue weighted by Gasteiger charge is 2.39. The van der Waals surface area contributed by atoms with E-state index < -0.39 is 0 Å². The number of amides is 1. The third kappa shape index (κ3) is 1.44. The van der Waals surface area contributed by atoms with Gasteiger partial charge in [0.15, 0.2) is 0 Å². The third-order valence-corrected chi connectivity index (χ3v) is 3.98. The molecule has 2 heteroatoms. The number of fused-ring (bicyclic) bond motifs is 1. The van der Waals surface area contributed by atoms with Crippen molar-refractivity contribution in [2.75, 3.05) is 0 Å². The molecule has 1 spiro atoms. The molecule has 1 N–H and O–H groups in total. The Hall–Kier alpha value is -1.31. The second-order valence-electron chi connectivity index (χ2n) is 5.28. The molecule has 0 bridgehead atoms. The van der Waals surface area contributed by atoms with E-state index in [2.05, 4.69) is 17.4 Å². The van der Waals surface area contributed by atoms with Crippen LogP contribution in [-0.2, 0) is 6.42 Å². The first-order chi connectivity index (χ1) is 7.69. The molecule has 1 aromatic rings. The standard InChI is InChI=1S/C14H17NO/c1-10-4-5-11-9-14(6-2-3-7-14)15-13(16)12(11)8-10/h4-5,8H,2-3,6-7,9H2,1H3,(H,15,16). The summed E-state index contributed by atoms with van der Waals surface area (Å²) in [5.41, 5.74) is 3.37. The average molecular weight is 215 g/mol. The van der Waals surface area contributed by atoms with Crippen LogP contribution in [0.25, 0.3) is 0 Å². The second kappa shape index (κ2) is 3.34. The van der Waals surface area contributed by atoms with Crippen molar-refractivity contribution in [3.05, 3.63) is 34.9 Å². The maximum Gasteiger partial charge on any atom is 0.252 e. The fraction of sp³-hybridized carbons (Fsp3) is 0.500. The van der Waals surface area contributed by atoms with Gasteiger partial charge in [-0.25, -0.2) is 0 Å². The molecule has 0 aromatic heterocycles. The zero-order valence-electron chi connectivity index (χ0n) is 9.68. The van der Waals surface area contributed by atoms with Crippen molar-refractivity contribution >= 4 is 5.91 Å². The molecule has 0 atom stereocenters. The van der Waals surface area contributed by atoms with Crippen LogP contribution in [0.4, 0.5) is 0 Å². The minimum absolute atomic E-state index is 0.0827. The first-order valence-corrected chi connectivity index (χ1v) is 6.11. The summed E-state index contributed by atoms with van der Waals surface area (Å²) in [6.07, 6.45) is 5.81. The van der Waals surface area contributed by atoms with Crippen LogP contribution in [0.15, 0.2) is 18.2 Å². The molecule has 1 amide bonds. The number of carbonyl (C=O) groups excluding carboxylic acids is 1. The zero-order chi connectivity index (χ0) is 11.2. The summed E-state index contributed by atoms with van der Waals surface area (Å²) in [6, 6.07) is 6.25. The largest absolute Gasteiger partial charge is 0.346 e. The van der Waals surface area contributed by atoms with Crippen LogP contribution in [0.2, 0.25) is 0 Å². The van der Waals surface area contributed by atoms with Crippen LogP contribution in [0.1, 0.15) is 47.2 Å². The minimum Gasteiger partial charge on any atom is -0.346 e. The Morgan fingerprint density at radius 3 is 2.75 bits per heavy atom. The van der Waals surface area contributed by atoms with Gasteiger partial charge in [0.2, 0.25) is 0 Å². The van der Waals surface area contributed by atoms with Crippen LogP contribution >= 0.6 is 0 Å². The maximum atomic E-state index is 12.1. The van der Waals surface area contributed by atoms with Crippen molar-refractivity contribution in [1.29, 1.82) is 0 Å². The highest BCUT2D eigenvalue weighted by Crippen LogP contribution is 2.36. The Morgan fingerprint density at radius 2 is 2.00 bits per heavy atom. The highest BCUT2D eigenvalue weighted by molar-refractivity contribution is 5.97. The quantitative estimate of drug-likeness (QED) is 0.708. The Labute approximate surface area is 96.1 Å². The van der Waals surface area contributed by atoms with E-state index in [1.54, 1.807) is 0 Å². The smallest absolute Gasteiger partial charge is 0.252 e. The lowest BCUT2D eigenvalue weighted by Gasteiger charge is -2.35. The SMILES string of the molecule is Cc1ccc2c(c1)C(=O)NC1(CCCC1)C2. The van der Waals surface area contributed by atoms with Gasteiger partial charge in [0.1, 0.15) is 0 Å². The summed E-state index contributed by atoms with van der Waals surface area (Å²) in [5.74, 6) is 0.131. The van der Waals surface area contributed by atoms with Crippen molar-refractivity contribution < 1.29 is 4.79 Å². The molecule has 3 rings (SSSR count).